The van der Waals surface area contributed by atoms with E-state index in [1.165, 1.54) is 38.5 Å². The summed E-state index contributed by atoms with van der Waals surface area (Å²) in [7, 11) is 3.31. The Labute approximate surface area is 164 Å². The lowest BCUT2D eigenvalue weighted by Gasteiger charge is -2.16. The van der Waals surface area contributed by atoms with Gasteiger partial charge >= 0.3 is 11.9 Å². The Morgan fingerprint density at radius 1 is 0.778 bits per heavy atom. The van der Waals surface area contributed by atoms with E-state index in [2.05, 4.69) is 12.2 Å². The minimum Gasteiger partial charge on any atom is -0.481 e. The van der Waals surface area contributed by atoms with Crippen LogP contribution in [0.25, 0.3) is 0 Å². The summed E-state index contributed by atoms with van der Waals surface area (Å²) in [6, 6.07) is 0. The number of nitrogens with one attached hydrogen (secondary N) is 1. The Kier molecular flexibility index (Phi) is 20.3. The summed E-state index contributed by atoms with van der Waals surface area (Å²) in [4.78, 5) is 21.3. The number of unbranched alkanes of at least 4 members (excludes halogenated alkanes) is 8. The quantitative estimate of drug-likeness (QED) is 0.205. The van der Waals surface area contributed by atoms with Gasteiger partial charge in [0.25, 0.3) is 0 Å². The summed E-state index contributed by atoms with van der Waals surface area (Å²) in [5.74, 6) is -3.67. The van der Waals surface area contributed by atoms with Gasteiger partial charge in [-0.15, -0.1) is 0 Å². The van der Waals surface area contributed by atoms with Crippen LogP contribution in [0, 0.1) is 5.92 Å². The number of carboxylic acid groups (broad SMARTS) is 2. The van der Waals surface area contributed by atoms with E-state index in [1.54, 1.807) is 14.2 Å². The third kappa shape index (κ3) is 19.4. The molecule has 2 atom stereocenters. The Bertz CT molecular complexity index is 342. The van der Waals surface area contributed by atoms with Crippen LogP contribution in [0.4, 0.5) is 0 Å². The van der Waals surface area contributed by atoms with E-state index < -0.39 is 17.9 Å². The monoisotopic (exact) mass is 391 g/mol. The third-order valence-electron chi connectivity index (χ3n) is 4.37. The highest BCUT2D eigenvalue weighted by atomic mass is 16.5. The van der Waals surface area contributed by atoms with Gasteiger partial charge in [-0.25, -0.2) is 0 Å². The molecule has 0 heterocycles. The molecule has 0 spiro atoms. The molecule has 0 aromatic carbocycles. The summed E-state index contributed by atoms with van der Waals surface area (Å²) >= 11 is 0. The number of methoxy groups -OCH3 is 2. The average Bonchev–Trinajstić information content (AvgIpc) is 2.62. The fraction of sp³-hybridized carbons (Fsp3) is 0.900. The highest BCUT2D eigenvalue weighted by Gasteiger charge is 2.24. The maximum atomic E-state index is 10.6. The SMILES string of the molecule is CCCCCCCCCCCC(C(=O)O)C(=O)O.COC(C)NC(C)OC. The van der Waals surface area contributed by atoms with Crippen molar-refractivity contribution in [2.24, 2.45) is 5.92 Å². The van der Waals surface area contributed by atoms with Gasteiger partial charge in [0.1, 0.15) is 12.5 Å². The standard InChI is InChI=1S/C14H26O4.C6H15NO2/c1-2-3-4-5-6-7-8-9-10-11-12(13(15)16)14(17)18;1-5(8-3)7-6(2)9-4/h12H,2-11H2,1H3,(H,15,16)(H,17,18);5-7H,1-4H3. The van der Waals surface area contributed by atoms with Crippen molar-refractivity contribution < 1.29 is 29.3 Å². The maximum absolute atomic E-state index is 10.6. The molecule has 162 valence electrons. The van der Waals surface area contributed by atoms with Gasteiger partial charge in [-0.2, -0.15) is 0 Å². The second-order valence-corrected chi connectivity index (χ2v) is 6.77. The number of carbonyl (C=O) groups is 2. The minimum atomic E-state index is -1.23. The Hall–Kier alpha value is -1.18. The smallest absolute Gasteiger partial charge is 0.317 e. The first-order valence-electron chi connectivity index (χ1n) is 10.1. The van der Waals surface area contributed by atoms with Crippen molar-refractivity contribution in [1.29, 1.82) is 0 Å². The lowest BCUT2D eigenvalue weighted by molar-refractivity contribution is -0.154. The molecular weight excluding hydrogens is 350 g/mol. The number of aliphatic carboxylic acids is 2. The van der Waals surface area contributed by atoms with Crippen LogP contribution in [0.2, 0.25) is 0 Å². The van der Waals surface area contributed by atoms with E-state index in [9.17, 15) is 9.59 Å². The van der Waals surface area contributed by atoms with Crippen molar-refractivity contribution in [2.75, 3.05) is 14.2 Å². The molecule has 0 rings (SSSR count). The van der Waals surface area contributed by atoms with Crippen molar-refractivity contribution in [1.82, 2.24) is 5.32 Å². The highest BCUT2D eigenvalue weighted by Crippen LogP contribution is 2.14. The predicted octanol–water partition coefficient (Wildman–Crippen LogP) is 4.25. The molecule has 0 aliphatic carbocycles. The summed E-state index contributed by atoms with van der Waals surface area (Å²) in [5, 5.41) is 20.4. The van der Waals surface area contributed by atoms with Gasteiger partial charge in [0.15, 0.2) is 5.92 Å². The second-order valence-electron chi connectivity index (χ2n) is 6.77. The molecule has 2 unspecified atom stereocenters. The number of carboxylic acids is 2. The Morgan fingerprint density at radius 2 is 1.15 bits per heavy atom. The zero-order chi connectivity index (χ0) is 21.1. The van der Waals surface area contributed by atoms with E-state index >= 15 is 0 Å². The van der Waals surface area contributed by atoms with Crippen molar-refractivity contribution in [3.05, 3.63) is 0 Å². The molecule has 0 saturated carbocycles. The first kappa shape index (κ1) is 28.0. The normalized spacial score (nSPS) is 13.0. The van der Waals surface area contributed by atoms with Crippen LogP contribution in [0.5, 0.6) is 0 Å². The molecule has 7 heteroatoms. The molecule has 0 saturated heterocycles. The van der Waals surface area contributed by atoms with Crippen LogP contribution >= 0.6 is 0 Å². The average molecular weight is 392 g/mol. The Morgan fingerprint density at radius 3 is 1.48 bits per heavy atom. The zero-order valence-corrected chi connectivity index (χ0v) is 17.8. The van der Waals surface area contributed by atoms with E-state index in [1.807, 2.05) is 13.8 Å². The van der Waals surface area contributed by atoms with Crippen molar-refractivity contribution in [3.8, 4) is 0 Å². The predicted molar refractivity (Wildman–Crippen MR) is 107 cm³/mol. The fourth-order valence-electron chi connectivity index (χ4n) is 2.48. The second kappa shape index (κ2) is 19.6. The van der Waals surface area contributed by atoms with Crippen LogP contribution in [0.15, 0.2) is 0 Å². The first-order valence-corrected chi connectivity index (χ1v) is 10.1. The third-order valence-corrected chi connectivity index (χ3v) is 4.37. The van der Waals surface area contributed by atoms with Gasteiger partial charge in [0.2, 0.25) is 0 Å². The largest absolute Gasteiger partial charge is 0.481 e. The fourth-order valence-corrected chi connectivity index (χ4v) is 2.48. The molecule has 0 fully saturated rings. The summed E-state index contributed by atoms with van der Waals surface area (Å²) in [5.41, 5.74) is 0. The van der Waals surface area contributed by atoms with E-state index in [0.717, 1.165) is 12.8 Å². The summed E-state index contributed by atoms with van der Waals surface area (Å²) in [6.45, 7) is 6.05. The number of rotatable bonds is 16. The molecule has 0 amide bonds. The van der Waals surface area contributed by atoms with Crippen LogP contribution in [0.3, 0.4) is 0 Å². The van der Waals surface area contributed by atoms with Gasteiger partial charge in [-0.05, 0) is 20.3 Å². The number of ether oxygens (including phenoxy) is 2. The van der Waals surface area contributed by atoms with Gasteiger partial charge in [-0.1, -0.05) is 64.7 Å². The molecule has 0 radical (unpaired) electrons. The van der Waals surface area contributed by atoms with Crippen LogP contribution in [0.1, 0.15) is 85.0 Å². The molecule has 3 N–H and O–H groups in total. The number of hydrogen-bond donors (Lipinski definition) is 3. The first-order chi connectivity index (χ1) is 12.8. The summed E-state index contributed by atoms with van der Waals surface area (Å²) < 4.78 is 9.86. The molecule has 0 aliphatic heterocycles. The number of hydrogen-bond acceptors (Lipinski definition) is 5. The molecule has 0 aromatic heterocycles. The van der Waals surface area contributed by atoms with Gasteiger partial charge in [0, 0.05) is 14.2 Å². The van der Waals surface area contributed by atoms with Crippen LogP contribution < -0.4 is 5.32 Å². The molecular formula is C20H41NO6. The van der Waals surface area contributed by atoms with Gasteiger partial charge in [-0.3, -0.25) is 14.9 Å². The zero-order valence-electron chi connectivity index (χ0n) is 17.8. The lowest BCUT2D eigenvalue weighted by atomic mass is 10.00. The van der Waals surface area contributed by atoms with E-state index in [0.29, 0.717) is 6.42 Å². The molecule has 0 aliphatic rings. The topological polar surface area (TPSA) is 105 Å². The molecule has 0 aromatic rings. The van der Waals surface area contributed by atoms with Gasteiger partial charge in [0.05, 0.1) is 0 Å². The van der Waals surface area contributed by atoms with Crippen molar-refractivity contribution in [2.45, 2.75) is 97.4 Å². The molecule has 0 bridgehead atoms. The molecule has 27 heavy (non-hydrogen) atoms. The summed E-state index contributed by atoms with van der Waals surface area (Å²) in [6.07, 6.45) is 10.6. The highest BCUT2D eigenvalue weighted by molar-refractivity contribution is 5.92. The Balaban J connectivity index is 0. The van der Waals surface area contributed by atoms with Crippen molar-refractivity contribution >= 4 is 11.9 Å². The van der Waals surface area contributed by atoms with E-state index in [-0.39, 0.29) is 18.9 Å². The maximum Gasteiger partial charge on any atom is 0.317 e. The minimum absolute atomic E-state index is 0.0555. The molecule has 7 nitrogen and oxygen atoms in total. The van der Waals surface area contributed by atoms with E-state index in [4.69, 9.17) is 19.7 Å². The van der Waals surface area contributed by atoms with Crippen LogP contribution in [-0.4, -0.2) is 48.8 Å². The van der Waals surface area contributed by atoms with Crippen molar-refractivity contribution in [3.63, 3.8) is 0 Å². The van der Waals surface area contributed by atoms with Crippen LogP contribution in [-0.2, 0) is 19.1 Å². The van der Waals surface area contributed by atoms with Gasteiger partial charge < -0.3 is 19.7 Å². The lowest BCUT2D eigenvalue weighted by Crippen LogP contribution is -2.36.